The molecule has 0 fully saturated rings. The number of methoxy groups -OCH3 is 1. The molecule has 4 nitrogen and oxygen atoms in total. The Balaban J connectivity index is 2.13. The second-order valence-corrected chi connectivity index (χ2v) is 5.76. The number of thiazole rings is 1. The molecule has 1 unspecified atom stereocenters. The van der Waals surface area contributed by atoms with Gasteiger partial charge in [-0.2, -0.15) is 0 Å². The molecule has 1 heterocycles. The zero-order chi connectivity index (χ0) is 14.7. The standard InChI is InChI=1S/C14H15ClN2O2S/c1-8-4-6-10(7-5-8)9(2)16-14-17-12(15)11(20-14)13(18)19-3/h4-7,9H,1-3H3,(H,16,17). The van der Waals surface area contributed by atoms with Gasteiger partial charge in [0.15, 0.2) is 15.2 Å². The fourth-order valence-corrected chi connectivity index (χ4v) is 2.90. The summed E-state index contributed by atoms with van der Waals surface area (Å²) in [5.41, 5.74) is 2.35. The minimum absolute atomic E-state index is 0.0725. The van der Waals surface area contributed by atoms with Crippen molar-refractivity contribution in [3.8, 4) is 0 Å². The Labute approximate surface area is 126 Å². The van der Waals surface area contributed by atoms with E-state index in [0.717, 1.165) is 5.56 Å². The van der Waals surface area contributed by atoms with Crippen molar-refractivity contribution in [1.29, 1.82) is 0 Å². The third-order valence-electron chi connectivity index (χ3n) is 2.87. The van der Waals surface area contributed by atoms with E-state index in [9.17, 15) is 4.79 Å². The van der Waals surface area contributed by atoms with Gasteiger partial charge in [0.05, 0.1) is 13.2 Å². The fraction of sp³-hybridized carbons (Fsp3) is 0.286. The number of esters is 1. The molecule has 106 valence electrons. The van der Waals surface area contributed by atoms with E-state index >= 15 is 0 Å². The van der Waals surface area contributed by atoms with Gasteiger partial charge in [0.25, 0.3) is 0 Å². The summed E-state index contributed by atoms with van der Waals surface area (Å²) >= 11 is 7.12. The third-order valence-corrected chi connectivity index (χ3v) is 4.23. The van der Waals surface area contributed by atoms with Crippen molar-refractivity contribution in [2.24, 2.45) is 0 Å². The van der Waals surface area contributed by atoms with Crippen LogP contribution in [0.15, 0.2) is 24.3 Å². The Morgan fingerprint density at radius 2 is 2.05 bits per heavy atom. The number of anilines is 1. The van der Waals surface area contributed by atoms with Gasteiger partial charge in [0.1, 0.15) is 0 Å². The topological polar surface area (TPSA) is 51.2 Å². The normalized spacial score (nSPS) is 12.0. The third kappa shape index (κ3) is 3.29. The summed E-state index contributed by atoms with van der Waals surface area (Å²) in [5, 5.41) is 4.00. The Morgan fingerprint density at radius 1 is 1.40 bits per heavy atom. The number of halogens is 1. The SMILES string of the molecule is COC(=O)c1sc(NC(C)c2ccc(C)cc2)nc1Cl. The largest absolute Gasteiger partial charge is 0.465 e. The molecule has 0 aliphatic rings. The van der Waals surface area contributed by atoms with Crippen LogP contribution in [0.5, 0.6) is 0 Å². The van der Waals surface area contributed by atoms with Crippen LogP contribution in [0.25, 0.3) is 0 Å². The van der Waals surface area contributed by atoms with Gasteiger partial charge in [-0.25, -0.2) is 9.78 Å². The highest BCUT2D eigenvalue weighted by Gasteiger charge is 2.18. The van der Waals surface area contributed by atoms with Crippen LogP contribution < -0.4 is 5.32 Å². The molecule has 0 bridgehead atoms. The van der Waals surface area contributed by atoms with Crippen LogP contribution in [0.2, 0.25) is 5.15 Å². The molecule has 1 aromatic carbocycles. The van der Waals surface area contributed by atoms with Crippen molar-refractivity contribution >= 4 is 34.0 Å². The van der Waals surface area contributed by atoms with Crippen LogP contribution in [-0.2, 0) is 4.74 Å². The zero-order valence-corrected chi connectivity index (χ0v) is 13.0. The lowest BCUT2D eigenvalue weighted by molar-refractivity contribution is 0.0606. The highest BCUT2D eigenvalue weighted by Crippen LogP contribution is 2.30. The monoisotopic (exact) mass is 310 g/mol. The molecule has 1 N–H and O–H groups in total. The molecule has 2 aromatic rings. The summed E-state index contributed by atoms with van der Waals surface area (Å²) < 4.78 is 4.65. The molecule has 20 heavy (non-hydrogen) atoms. The number of rotatable bonds is 4. The fourth-order valence-electron chi connectivity index (χ4n) is 1.71. The maximum absolute atomic E-state index is 11.5. The molecular weight excluding hydrogens is 296 g/mol. The van der Waals surface area contributed by atoms with Crippen LogP contribution in [0.1, 0.15) is 33.8 Å². The zero-order valence-electron chi connectivity index (χ0n) is 11.4. The summed E-state index contributed by atoms with van der Waals surface area (Å²) in [5.74, 6) is -0.469. The predicted octanol–water partition coefficient (Wildman–Crippen LogP) is 4.06. The van der Waals surface area contributed by atoms with Gasteiger partial charge in [-0.15, -0.1) is 0 Å². The maximum Gasteiger partial charge on any atom is 0.351 e. The molecule has 0 amide bonds. The molecular formula is C14H15ClN2O2S. The number of carbonyl (C=O) groups excluding carboxylic acids is 1. The minimum Gasteiger partial charge on any atom is -0.465 e. The number of hydrogen-bond donors (Lipinski definition) is 1. The number of aromatic nitrogens is 1. The van der Waals surface area contributed by atoms with E-state index < -0.39 is 5.97 Å². The van der Waals surface area contributed by atoms with E-state index in [2.05, 4.69) is 39.3 Å². The average molecular weight is 311 g/mol. The number of nitrogens with zero attached hydrogens (tertiary/aromatic N) is 1. The second kappa shape index (κ2) is 6.24. The van der Waals surface area contributed by atoms with E-state index in [1.807, 2.05) is 13.8 Å². The highest BCUT2D eigenvalue weighted by atomic mass is 35.5. The van der Waals surface area contributed by atoms with Crippen molar-refractivity contribution in [1.82, 2.24) is 4.98 Å². The molecule has 0 saturated heterocycles. The van der Waals surface area contributed by atoms with Crippen molar-refractivity contribution in [3.63, 3.8) is 0 Å². The maximum atomic E-state index is 11.5. The van der Waals surface area contributed by atoms with Crippen LogP contribution in [0, 0.1) is 6.92 Å². The number of nitrogens with one attached hydrogen (secondary N) is 1. The first kappa shape index (κ1) is 14.8. The quantitative estimate of drug-likeness (QED) is 0.865. The van der Waals surface area contributed by atoms with Crippen LogP contribution in [-0.4, -0.2) is 18.1 Å². The van der Waals surface area contributed by atoms with Crippen LogP contribution >= 0.6 is 22.9 Å². The summed E-state index contributed by atoms with van der Waals surface area (Å²) in [6.07, 6.45) is 0. The first-order chi connectivity index (χ1) is 9.51. The summed E-state index contributed by atoms with van der Waals surface area (Å²) in [7, 11) is 1.32. The molecule has 0 aliphatic carbocycles. The van der Waals surface area contributed by atoms with Crippen molar-refractivity contribution < 1.29 is 9.53 Å². The summed E-state index contributed by atoms with van der Waals surface area (Å²) in [6, 6.07) is 8.31. The van der Waals surface area contributed by atoms with Gasteiger partial charge in [0, 0.05) is 0 Å². The first-order valence-corrected chi connectivity index (χ1v) is 7.28. The molecule has 2 rings (SSSR count). The van der Waals surface area contributed by atoms with E-state index in [1.54, 1.807) is 0 Å². The molecule has 6 heteroatoms. The molecule has 0 saturated carbocycles. The van der Waals surface area contributed by atoms with Gasteiger partial charge < -0.3 is 10.1 Å². The Morgan fingerprint density at radius 3 is 2.65 bits per heavy atom. The van der Waals surface area contributed by atoms with E-state index in [1.165, 1.54) is 24.0 Å². The number of hydrogen-bond acceptors (Lipinski definition) is 5. The lowest BCUT2D eigenvalue weighted by atomic mass is 10.1. The Bertz CT molecular complexity index is 610. The summed E-state index contributed by atoms with van der Waals surface area (Å²) in [4.78, 5) is 15.9. The number of aryl methyl sites for hydroxylation is 1. The average Bonchev–Trinajstić information content (AvgIpc) is 2.79. The highest BCUT2D eigenvalue weighted by molar-refractivity contribution is 7.18. The Kier molecular flexibility index (Phi) is 4.62. The predicted molar refractivity (Wildman–Crippen MR) is 81.7 cm³/mol. The summed E-state index contributed by atoms with van der Waals surface area (Å²) in [6.45, 7) is 4.07. The lowest BCUT2D eigenvalue weighted by Crippen LogP contribution is -2.06. The second-order valence-electron chi connectivity index (χ2n) is 4.41. The van der Waals surface area contributed by atoms with E-state index in [0.29, 0.717) is 10.0 Å². The van der Waals surface area contributed by atoms with Gasteiger partial charge in [0.2, 0.25) is 0 Å². The smallest absolute Gasteiger partial charge is 0.351 e. The Hall–Kier alpha value is -1.59. The number of ether oxygens (including phenoxy) is 1. The van der Waals surface area contributed by atoms with E-state index in [4.69, 9.17) is 11.6 Å². The molecule has 0 spiro atoms. The number of benzene rings is 1. The number of carbonyl (C=O) groups is 1. The molecule has 1 atom stereocenters. The minimum atomic E-state index is -0.469. The lowest BCUT2D eigenvalue weighted by Gasteiger charge is -2.13. The van der Waals surface area contributed by atoms with Crippen molar-refractivity contribution in [3.05, 3.63) is 45.4 Å². The van der Waals surface area contributed by atoms with Gasteiger partial charge >= 0.3 is 5.97 Å². The molecule has 1 aromatic heterocycles. The van der Waals surface area contributed by atoms with E-state index in [-0.39, 0.29) is 11.2 Å². The van der Waals surface area contributed by atoms with Crippen LogP contribution in [0.3, 0.4) is 0 Å². The van der Waals surface area contributed by atoms with Gasteiger partial charge in [-0.05, 0) is 19.4 Å². The molecule has 0 radical (unpaired) electrons. The van der Waals surface area contributed by atoms with Gasteiger partial charge in [-0.1, -0.05) is 52.8 Å². The van der Waals surface area contributed by atoms with Crippen molar-refractivity contribution in [2.45, 2.75) is 19.9 Å². The van der Waals surface area contributed by atoms with Gasteiger partial charge in [-0.3, -0.25) is 0 Å². The molecule has 0 aliphatic heterocycles. The van der Waals surface area contributed by atoms with Crippen molar-refractivity contribution in [2.75, 3.05) is 12.4 Å². The van der Waals surface area contributed by atoms with Crippen LogP contribution in [0.4, 0.5) is 5.13 Å². The first-order valence-electron chi connectivity index (χ1n) is 6.09.